The zero-order valence-electron chi connectivity index (χ0n) is 12.1. The molecule has 2 aliphatic rings. The van der Waals surface area contributed by atoms with E-state index >= 15 is 0 Å². The second kappa shape index (κ2) is 5.85. The topological polar surface area (TPSA) is 81.4 Å². The van der Waals surface area contributed by atoms with Crippen LogP contribution in [-0.4, -0.2) is 21.6 Å². The van der Waals surface area contributed by atoms with Crippen LogP contribution in [-0.2, 0) is 16.4 Å². The summed E-state index contributed by atoms with van der Waals surface area (Å²) in [5.74, 6) is 0.937. The van der Waals surface area contributed by atoms with Crippen molar-refractivity contribution in [1.82, 2.24) is 4.72 Å². The van der Waals surface area contributed by atoms with Crippen LogP contribution in [0.1, 0.15) is 37.7 Å². The van der Waals surface area contributed by atoms with Crippen LogP contribution < -0.4 is 15.2 Å². The molecule has 0 atom stereocenters. The van der Waals surface area contributed by atoms with Gasteiger partial charge in [0.05, 0.1) is 6.61 Å². The number of benzene rings is 1. The summed E-state index contributed by atoms with van der Waals surface area (Å²) in [7, 11) is -3.57. The first-order valence-corrected chi connectivity index (χ1v) is 9.09. The van der Waals surface area contributed by atoms with Gasteiger partial charge in [0.1, 0.15) is 10.6 Å². The Hall–Kier alpha value is -1.27. The number of fused-ring (bicyclic) bond motifs is 1. The van der Waals surface area contributed by atoms with Crippen molar-refractivity contribution in [3.63, 3.8) is 0 Å². The van der Waals surface area contributed by atoms with E-state index in [0.29, 0.717) is 30.5 Å². The maximum absolute atomic E-state index is 12.6. The molecule has 1 fully saturated rings. The molecule has 1 aliphatic heterocycles. The van der Waals surface area contributed by atoms with Crippen molar-refractivity contribution in [1.29, 1.82) is 0 Å². The summed E-state index contributed by atoms with van der Waals surface area (Å²) in [6.07, 6.45) is 6.31. The SMILES string of the molecule is Nc1cc2c(c(S(=O)(=O)NCC3CCCC3)c1)OCCC2. The molecule has 0 saturated heterocycles. The molecular formula is C15H22N2O3S. The zero-order chi connectivity index (χ0) is 14.9. The average Bonchev–Trinajstić information content (AvgIpc) is 2.97. The smallest absolute Gasteiger partial charge is 0.244 e. The lowest BCUT2D eigenvalue weighted by Crippen LogP contribution is -2.29. The fourth-order valence-electron chi connectivity index (χ4n) is 3.19. The Morgan fingerprint density at radius 3 is 2.76 bits per heavy atom. The van der Waals surface area contributed by atoms with E-state index in [-0.39, 0.29) is 4.90 Å². The molecule has 1 saturated carbocycles. The van der Waals surface area contributed by atoms with E-state index in [4.69, 9.17) is 10.5 Å². The Morgan fingerprint density at radius 1 is 1.24 bits per heavy atom. The first kappa shape index (κ1) is 14.7. The molecule has 5 nitrogen and oxygen atoms in total. The van der Waals surface area contributed by atoms with Crippen LogP contribution in [0, 0.1) is 5.92 Å². The van der Waals surface area contributed by atoms with Crippen LogP contribution >= 0.6 is 0 Å². The summed E-state index contributed by atoms with van der Waals surface area (Å²) < 4.78 is 33.5. The Kier molecular flexibility index (Phi) is 4.08. The highest BCUT2D eigenvalue weighted by Gasteiger charge is 2.26. The third-order valence-corrected chi connectivity index (χ3v) is 5.75. The Morgan fingerprint density at radius 2 is 2.00 bits per heavy atom. The van der Waals surface area contributed by atoms with E-state index in [1.165, 1.54) is 18.9 Å². The number of ether oxygens (including phenoxy) is 1. The molecule has 21 heavy (non-hydrogen) atoms. The lowest BCUT2D eigenvalue weighted by Gasteiger charge is -2.21. The number of nitrogens with two attached hydrogens (primary N) is 1. The third-order valence-electron chi connectivity index (χ3n) is 4.32. The predicted molar refractivity (Wildman–Crippen MR) is 81.8 cm³/mol. The quantitative estimate of drug-likeness (QED) is 0.834. The number of sulfonamides is 1. The number of rotatable bonds is 4. The monoisotopic (exact) mass is 310 g/mol. The van der Waals surface area contributed by atoms with Crippen molar-refractivity contribution < 1.29 is 13.2 Å². The van der Waals surface area contributed by atoms with Crippen LogP contribution in [0.3, 0.4) is 0 Å². The summed E-state index contributed by atoms with van der Waals surface area (Å²) in [4.78, 5) is 0.190. The van der Waals surface area contributed by atoms with Crippen LogP contribution in [0.15, 0.2) is 17.0 Å². The molecule has 3 rings (SSSR count). The second-order valence-corrected chi connectivity index (χ2v) is 7.70. The van der Waals surface area contributed by atoms with Gasteiger partial charge in [0.15, 0.2) is 0 Å². The lowest BCUT2D eigenvalue weighted by atomic mass is 10.1. The largest absolute Gasteiger partial charge is 0.492 e. The standard InChI is InChI=1S/C15H22N2O3S/c16-13-8-12-6-3-7-20-15(12)14(9-13)21(18,19)17-10-11-4-1-2-5-11/h8-9,11,17H,1-7,10,16H2. The van der Waals surface area contributed by atoms with Gasteiger partial charge in [0.2, 0.25) is 10.0 Å². The molecule has 0 unspecified atom stereocenters. The molecule has 1 aromatic rings. The highest BCUT2D eigenvalue weighted by Crippen LogP contribution is 2.34. The van der Waals surface area contributed by atoms with Crippen LogP contribution in [0.25, 0.3) is 0 Å². The molecule has 0 spiro atoms. The average molecular weight is 310 g/mol. The minimum absolute atomic E-state index is 0.190. The number of nitrogens with one attached hydrogen (secondary N) is 1. The van der Waals surface area contributed by atoms with Gasteiger partial charge in [-0.15, -0.1) is 0 Å². The Bertz CT molecular complexity index is 622. The molecule has 1 aromatic carbocycles. The van der Waals surface area contributed by atoms with Gasteiger partial charge in [-0.05, 0) is 49.3 Å². The molecule has 116 valence electrons. The molecular weight excluding hydrogens is 288 g/mol. The van der Waals surface area contributed by atoms with Gasteiger partial charge >= 0.3 is 0 Å². The van der Waals surface area contributed by atoms with E-state index in [1.54, 1.807) is 0 Å². The van der Waals surface area contributed by atoms with E-state index < -0.39 is 10.0 Å². The molecule has 0 radical (unpaired) electrons. The highest BCUT2D eigenvalue weighted by atomic mass is 32.2. The van der Waals surface area contributed by atoms with Crippen LogP contribution in [0.5, 0.6) is 5.75 Å². The third kappa shape index (κ3) is 3.16. The minimum Gasteiger partial charge on any atom is -0.492 e. The second-order valence-electron chi connectivity index (χ2n) is 5.96. The normalized spacial score (nSPS) is 19.2. The van der Waals surface area contributed by atoms with E-state index in [9.17, 15) is 8.42 Å². The fourth-order valence-corrected chi connectivity index (χ4v) is 4.53. The predicted octanol–water partition coefficient (Wildman–Crippen LogP) is 2.06. The fraction of sp³-hybridized carbons (Fsp3) is 0.600. The summed E-state index contributed by atoms with van der Waals surface area (Å²) in [6, 6.07) is 3.31. The van der Waals surface area contributed by atoms with Gasteiger partial charge in [-0.1, -0.05) is 12.8 Å². The summed E-state index contributed by atoms with van der Waals surface area (Å²) >= 11 is 0. The first-order valence-electron chi connectivity index (χ1n) is 7.61. The molecule has 1 heterocycles. The number of anilines is 1. The van der Waals surface area contributed by atoms with Crippen molar-refractivity contribution in [3.05, 3.63) is 17.7 Å². The Labute approximate surface area is 125 Å². The van der Waals surface area contributed by atoms with E-state index in [2.05, 4.69) is 4.72 Å². The van der Waals surface area contributed by atoms with E-state index in [1.807, 2.05) is 6.07 Å². The molecule has 1 aliphatic carbocycles. The van der Waals surface area contributed by atoms with Crippen LogP contribution in [0.4, 0.5) is 5.69 Å². The van der Waals surface area contributed by atoms with Gasteiger partial charge in [0, 0.05) is 12.2 Å². The van der Waals surface area contributed by atoms with Crippen molar-refractivity contribution in [3.8, 4) is 5.75 Å². The van der Waals surface area contributed by atoms with Gasteiger partial charge < -0.3 is 10.5 Å². The van der Waals surface area contributed by atoms with Crippen molar-refractivity contribution in [2.45, 2.75) is 43.4 Å². The number of hydrogen-bond donors (Lipinski definition) is 2. The van der Waals surface area contributed by atoms with Crippen molar-refractivity contribution >= 4 is 15.7 Å². The van der Waals surface area contributed by atoms with E-state index in [0.717, 1.165) is 31.2 Å². The molecule has 0 bridgehead atoms. The molecule has 0 amide bonds. The maximum atomic E-state index is 12.6. The first-order chi connectivity index (χ1) is 10.1. The lowest BCUT2D eigenvalue weighted by molar-refractivity contribution is 0.280. The number of aryl methyl sites for hydroxylation is 1. The molecule has 0 aromatic heterocycles. The maximum Gasteiger partial charge on any atom is 0.244 e. The summed E-state index contributed by atoms with van der Waals surface area (Å²) in [5, 5.41) is 0. The van der Waals surface area contributed by atoms with Crippen molar-refractivity contribution in [2.75, 3.05) is 18.9 Å². The van der Waals surface area contributed by atoms with Gasteiger partial charge in [-0.3, -0.25) is 0 Å². The molecule has 6 heteroatoms. The molecule has 3 N–H and O–H groups in total. The van der Waals surface area contributed by atoms with Crippen molar-refractivity contribution in [2.24, 2.45) is 5.92 Å². The number of hydrogen-bond acceptors (Lipinski definition) is 4. The highest BCUT2D eigenvalue weighted by molar-refractivity contribution is 7.89. The van der Waals surface area contributed by atoms with Gasteiger partial charge in [-0.2, -0.15) is 0 Å². The number of nitrogen functional groups attached to an aromatic ring is 1. The van der Waals surface area contributed by atoms with Crippen LogP contribution in [0.2, 0.25) is 0 Å². The summed E-state index contributed by atoms with van der Waals surface area (Å²) in [6.45, 7) is 1.06. The van der Waals surface area contributed by atoms with Gasteiger partial charge in [0.25, 0.3) is 0 Å². The van der Waals surface area contributed by atoms with Gasteiger partial charge in [-0.25, -0.2) is 13.1 Å². The minimum atomic E-state index is -3.57. The summed E-state index contributed by atoms with van der Waals surface area (Å²) in [5.41, 5.74) is 7.21. The zero-order valence-corrected chi connectivity index (χ0v) is 12.9. The Balaban J connectivity index is 1.85.